The van der Waals surface area contributed by atoms with Crippen LogP contribution >= 0.6 is 27.5 Å². The van der Waals surface area contributed by atoms with E-state index < -0.39 is 0 Å². The Kier molecular flexibility index (Phi) is 7.06. The van der Waals surface area contributed by atoms with Gasteiger partial charge in [-0.1, -0.05) is 29.8 Å². The number of benzene rings is 3. The van der Waals surface area contributed by atoms with E-state index in [2.05, 4.69) is 21.2 Å². The van der Waals surface area contributed by atoms with Crippen LogP contribution in [0.1, 0.15) is 18.1 Å². The molecule has 3 rings (SSSR count). The van der Waals surface area contributed by atoms with E-state index in [-0.39, 0.29) is 5.75 Å². The molecule has 6 heteroatoms. The molecule has 0 radical (unpaired) electrons. The van der Waals surface area contributed by atoms with Gasteiger partial charge >= 0.3 is 0 Å². The Morgan fingerprint density at radius 3 is 2.50 bits per heavy atom. The lowest BCUT2D eigenvalue weighted by atomic mass is 10.2. The Hall–Kier alpha value is -2.37. The van der Waals surface area contributed by atoms with Gasteiger partial charge in [0.1, 0.15) is 12.4 Å². The first kappa shape index (κ1) is 20.4. The number of aromatic hydroxyl groups is 1. The Balaban J connectivity index is 1.75. The molecule has 4 nitrogen and oxygen atoms in total. The summed E-state index contributed by atoms with van der Waals surface area (Å²) in [6.07, 6.45) is 0. The van der Waals surface area contributed by atoms with E-state index in [1.165, 1.54) is 0 Å². The molecule has 0 aliphatic carbocycles. The predicted molar refractivity (Wildman–Crippen MR) is 117 cm³/mol. The molecule has 0 aliphatic rings. The molecule has 3 aromatic rings. The summed E-state index contributed by atoms with van der Waals surface area (Å²) in [5.41, 5.74) is 2.87. The molecule has 0 fully saturated rings. The summed E-state index contributed by atoms with van der Waals surface area (Å²) in [5, 5.41) is 13.4. The van der Waals surface area contributed by atoms with Gasteiger partial charge in [0.15, 0.2) is 11.5 Å². The van der Waals surface area contributed by atoms with Crippen molar-refractivity contribution in [2.75, 3.05) is 11.9 Å². The van der Waals surface area contributed by atoms with Crippen molar-refractivity contribution in [3.8, 4) is 17.2 Å². The summed E-state index contributed by atoms with van der Waals surface area (Å²) in [6.45, 7) is 3.43. The van der Waals surface area contributed by atoms with Crippen LogP contribution in [0.25, 0.3) is 0 Å². The van der Waals surface area contributed by atoms with Crippen molar-refractivity contribution in [3.63, 3.8) is 0 Å². The molecule has 0 spiro atoms. The lowest BCUT2D eigenvalue weighted by Gasteiger charge is -2.16. The van der Waals surface area contributed by atoms with Crippen molar-refractivity contribution in [2.45, 2.75) is 20.1 Å². The van der Waals surface area contributed by atoms with Crippen LogP contribution in [-0.4, -0.2) is 11.7 Å². The van der Waals surface area contributed by atoms with E-state index in [0.717, 1.165) is 21.3 Å². The van der Waals surface area contributed by atoms with Gasteiger partial charge in [-0.3, -0.25) is 0 Å². The molecule has 0 bridgehead atoms. The average Bonchev–Trinajstić information content (AvgIpc) is 2.68. The largest absolute Gasteiger partial charge is 0.508 e. The number of anilines is 1. The normalized spacial score (nSPS) is 10.5. The van der Waals surface area contributed by atoms with Crippen LogP contribution in [0.5, 0.6) is 17.2 Å². The quantitative estimate of drug-likeness (QED) is 0.380. The molecular formula is C22H21BrClNO3. The highest BCUT2D eigenvalue weighted by Gasteiger charge is 2.13. The summed E-state index contributed by atoms with van der Waals surface area (Å²) in [4.78, 5) is 0. The Bertz CT molecular complexity index is 932. The molecular weight excluding hydrogens is 442 g/mol. The highest BCUT2D eigenvalue weighted by atomic mass is 79.9. The number of phenolic OH excluding ortho intramolecular Hbond substituents is 1. The zero-order valence-electron chi connectivity index (χ0n) is 15.4. The van der Waals surface area contributed by atoms with E-state index in [1.54, 1.807) is 12.1 Å². The molecule has 0 atom stereocenters. The average molecular weight is 463 g/mol. The summed E-state index contributed by atoms with van der Waals surface area (Å²) >= 11 is 9.82. The van der Waals surface area contributed by atoms with E-state index in [0.29, 0.717) is 36.3 Å². The Morgan fingerprint density at radius 2 is 1.79 bits per heavy atom. The molecule has 28 heavy (non-hydrogen) atoms. The van der Waals surface area contributed by atoms with Crippen molar-refractivity contribution >= 4 is 33.2 Å². The van der Waals surface area contributed by atoms with Gasteiger partial charge in [-0.15, -0.1) is 0 Å². The maximum Gasteiger partial charge on any atom is 0.175 e. The number of halogens is 2. The molecule has 146 valence electrons. The predicted octanol–water partition coefficient (Wildman–Crippen LogP) is 6.40. The number of hydrogen-bond donors (Lipinski definition) is 2. The second-order valence-corrected chi connectivity index (χ2v) is 7.38. The van der Waals surface area contributed by atoms with Crippen molar-refractivity contribution in [1.29, 1.82) is 0 Å². The van der Waals surface area contributed by atoms with Gasteiger partial charge in [0.2, 0.25) is 0 Å². The first-order valence-electron chi connectivity index (χ1n) is 8.91. The number of ether oxygens (including phenoxy) is 2. The van der Waals surface area contributed by atoms with Gasteiger partial charge in [-0.05, 0) is 70.9 Å². The first-order chi connectivity index (χ1) is 13.6. The van der Waals surface area contributed by atoms with Crippen LogP contribution in [0.2, 0.25) is 5.02 Å². The second-order valence-electron chi connectivity index (χ2n) is 6.12. The minimum absolute atomic E-state index is 0.243. The summed E-state index contributed by atoms with van der Waals surface area (Å²) < 4.78 is 12.6. The molecule has 0 heterocycles. The second kappa shape index (κ2) is 9.71. The van der Waals surface area contributed by atoms with E-state index in [1.807, 2.05) is 55.5 Å². The third-order valence-corrected chi connectivity index (χ3v) is 5.02. The minimum Gasteiger partial charge on any atom is -0.508 e. The molecule has 3 aromatic carbocycles. The van der Waals surface area contributed by atoms with Crippen LogP contribution in [0.15, 0.2) is 65.1 Å². The third-order valence-electron chi connectivity index (χ3n) is 4.06. The highest BCUT2D eigenvalue weighted by Crippen LogP contribution is 2.38. The summed E-state index contributed by atoms with van der Waals surface area (Å²) in [7, 11) is 0. The molecule has 0 unspecified atom stereocenters. The fourth-order valence-electron chi connectivity index (χ4n) is 2.68. The van der Waals surface area contributed by atoms with Crippen LogP contribution in [0.4, 0.5) is 5.69 Å². The van der Waals surface area contributed by atoms with Gasteiger partial charge in [-0.2, -0.15) is 0 Å². The van der Waals surface area contributed by atoms with E-state index >= 15 is 0 Å². The van der Waals surface area contributed by atoms with Crippen LogP contribution < -0.4 is 14.8 Å². The van der Waals surface area contributed by atoms with Gasteiger partial charge < -0.3 is 19.9 Å². The van der Waals surface area contributed by atoms with Crippen LogP contribution in [0.3, 0.4) is 0 Å². The molecule has 0 aromatic heterocycles. The van der Waals surface area contributed by atoms with Crippen molar-refractivity contribution in [3.05, 3.63) is 81.3 Å². The van der Waals surface area contributed by atoms with E-state index in [9.17, 15) is 5.11 Å². The van der Waals surface area contributed by atoms with Crippen molar-refractivity contribution < 1.29 is 14.6 Å². The summed E-state index contributed by atoms with van der Waals surface area (Å²) in [6, 6.07) is 18.5. The number of phenols is 1. The Labute approximate surface area is 178 Å². The Morgan fingerprint density at radius 1 is 1.04 bits per heavy atom. The van der Waals surface area contributed by atoms with Crippen LogP contribution in [-0.2, 0) is 13.2 Å². The smallest absolute Gasteiger partial charge is 0.175 e. The number of hydrogen-bond acceptors (Lipinski definition) is 4. The van der Waals surface area contributed by atoms with Gasteiger partial charge in [0.25, 0.3) is 0 Å². The lowest BCUT2D eigenvalue weighted by molar-refractivity contribution is 0.267. The maximum atomic E-state index is 9.38. The standard InChI is InChI=1S/C22H21BrClNO3/c1-2-27-21-12-15(13-25-17-7-9-18(26)10-8-17)11-19(23)22(21)28-14-16-5-3-4-6-20(16)24/h3-12,25-26H,2,13-14H2,1H3. The zero-order chi connectivity index (χ0) is 19.9. The van der Waals surface area contributed by atoms with Gasteiger partial charge in [0.05, 0.1) is 11.1 Å². The maximum absolute atomic E-state index is 9.38. The summed E-state index contributed by atoms with van der Waals surface area (Å²) in [5.74, 6) is 1.56. The molecule has 0 saturated carbocycles. The van der Waals surface area contributed by atoms with Gasteiger partial charge in [-0.25, -0.2) is 0 Å². The molecule has 2 N–H and O–H groups in total. The SMILES string of the molecule is CCOc1cc(CNc2ccc(O)cc2)cc(Br)c1OCc1ccccc1Cl. The topological polar surface area (TPSA) is 50.7 Å². The van der Waals surface area contributed by atoms with Gasteiger partial charge in [0, 0.05) is 22.8 Å². The minimum atomic E-state index is 0.243. The first-order valence-corrected chi connectivity index (χ1v) is 10.1. The number of nitrogens with one attached hydrogen (secondary N) is 1. The molecule has 0 saturated heterocycles. The fourth-order valence-corrected chi connectivity index (χ4v) is 3.47. The highest BCUT2D eigenvalue weighted by molar-refractivity contribution is 9.10. The van der Waals surface area contributed by atoms with Crippen molar-refractivity contribution in [1.82, 2.24) is 0 Å². The lowest BCUT2D eigenvalue weighted by Crippen LogP contribution is -2.04. The third kappa shape index (κ3) is 5.33. The van der Waals surface area contributed by atoms with E-state index in [4.69, 9.17) is 21.1 Å². The monoisotopic (exact) mass is 461 g/mol. The van der Waals surface area contributed by atoms with Crippen molar-refractivity contribution in [2.24, 2.45) is 0 Å². The zero-order valence-corrected chi connectivity index (χ0v) is 17.8. The van der Waals surface area contributed by atoms with Crippen LogP contribution in [0, 0.1) is 0 Å². The molecule has 0 amide bonds. The fraction of sp³-hybridized carbons (Fsp3) is 0.182. The molecule has 0 aliphatic heterocycles. The number of rotatable bonds is 8.